The van der Waals surface area contributed by atoms with E-state index < -0.39 is 17.4 Å². The number of halogens is 3. The third-order valence-corrected chi connectivity index (χ3v) is 2.55. The van der Waals surface area contributed by atoms with E-state index in [-0.39, 0.29) is 15.1 Å². The van der Waals surface area contributed by atoms with E-state index in [1.807, 2.05) is 0 Å². The highest BCUT2D eigenvalue weighted by Crippen LogP contribution is 2.26. The fourth-order valence-electron chi connectivity index (χ4n) is 1.01. The first-order chi connectivity index (χ1) is 7.20. The minimum atomic E-state index is -0.635. The Hall–Kier alpha value is -0.610. The molecule has 0 aliphatic carbocycles. The fourth-order valence-corrected chi connectivity index (χ4v) is 1.73. The van der Waals surface area contributed by atoms with Crippen LogP contribution in [-0.4, -0.2) is 11.6 Å². The van der Waals surface area contributed by atoms with Crippen molar-refractivity contribution in [3.8, 4) is 0 Å². The third-order valence-electron chi connectivity index (χ3n) is 1.63. The van der Waals surface area contributed by atoms with Crippen molar-refractivity contribution in [1.29, 1.82) is 0 Å². The Morgan fingerprint density at radius 2 is 2.00 bits per heavy atom. The Morgan fingerprint density at radius 3 is 2.50 bits per heavy atom. The molecule has 0 unspecified atom stereocenters. The van der Waals surface area contributed by atoms with Crippen molar-refractivity contribution in [1.82, 2.24) is 0 Å². The van der Waals surface area contributed by atoms with E-state index in [2.05, 4.69) is 15.9 Å². The number of rotatable bonds is 1. The van der Waals surface area contributed by atoms with Gasteiger partial charge < -0.3 is 4.74 Å². The van der Waals surface area contributed by atoms with E-state index in [9.17, 15) is 9.18 Å². The highest BCUT2D eigenvalue weighted by Gasteiger charge is 2.21. The van der Waals surface area contributed by atoms with Gasteiger partial charge in [-0.1, -0.05) is 11.6 Å². The Labute approximate surface area is 107 Å². The standard InChI is InChI=1S/C11H11BrClFO2/c1-11(2,3)16-10(15)6-4-9(14)7(12)5-8(6)13/h4-5H,1-3H3. The molecule has 0 radical (unpaired) electrons. The highest BCUT2D eigenvalue weighted by atomic mass is 79.9. The molecule has 88 valence electrons. The molecule has 1 aromatic carbocycles. The van der Waals surface area contributed by atoms with E-state index in [0.717, 1.165) is 6.07 Å². The zero-order chi connectivity index (χ0) is 12.5. The van der Waals surface area contributed by atoms with E-state index in [1.54, 1.807) is 20.8 Å². The number of ether oxygens (including phenoxy) is 1. The molecule has 0 spiro atoms. The molecule has 0 aromatic heterocycles. The summed E-state index contributed by atoms with van der Waals surface area (Å²) in [7, 11) is 0. The molecule has 0 atom stereocenters. The summed E-state index contributed by atoms with van der Waals surface area (Å²) in [5.74, 6) is -1.19. The topological polar surface area (TPSA) is 26.3 Å². The summed E-state index contributed by atoms with van der Waals surface area (Å²) in [6.07, 6.45) is 0. The number of benzene rings is 1. The van der Waals surface area contributed by atoms with E-state index in [1.165, 1.54) is 6.07 Å². The summed E-state index contributed by atoms with van der Waals surface area (Å²) in [5, 5.41) is 0.155. The number of carbonyl (C=O) groups is 1. The summed E-state index contributed by atoms with van der Waals surface area (Å²) in [6.45, 7) is 5.19. The second-order valence-corrected chi connectivity index (χ2v) is 5.51. The lowest BCUT2D eigenvalue weighted by Crippen LogP contribution is -2.24. The van der Waals surface area contributed by atoms with Gasteiger partial charge in [0.25, 0.3) is 0 Å². The van der Waals surface area contributed by atoms with Crippen molar-refractivity contribution in [3.05, 3.63) is 33.0 Å². The van der Waals surface area contributed by atoms with Crippen LogP contribution in [0.15, 0.2) is 16.6 Å². The normalized spacial score (nSPS) is 11.4. The van der Waals surface area contributed by atoms with E-state index in [4.69, 9.17) is 16.3 Å². The summed E-state index contributed by atoms with van der Waals surface area (Å²) in [6, 6.07) is 2.39. The van der Waals surface area contributed by atoms with Crippen molar-refractivity contribution in [3.63, 3.8) is 0 Å². The molecular weight excluding hydrogens is 298 g/mol. The van der Waals surface area contributed by atoms with Gasteiger partial charge in [0, 0.05) is 0 Å². The van der Waals surface area contributed by atoms with E-state index in [0.29, 0.717) is 0 Å². The molecule has 2 nitrogen and oxygen atoms in total. The Kier molecular flexibility index (Phi) is 3.97. The summed E-state index contributed by atoms with van der Waals surface area (Å²) in [5.41, 5.74) is -0.610. The maximum absolute atomic E-state index is 13.2. The van der Waals surface area contributed by atoms with E-state index >= 15 is 0 Å². The first kappa shape index (κ1) is 13.5. The predicted octanol–water partition coefficient (Wildman–Crippen LogP) is 4.20. The number of hydrogen-bond acceptors (Lipinski definition) is 2. The van der Waals surface area contributed by atoms with Gasteiger partial charge in [0.2, 0.25) is 0 Å². The van der Waals surface area contributed by atoms with Crippen LogP contribution in [0.5, 0.6) is 0 Å². The molecule has 5 heteroatoms. The zero-order valence-electron chi connectivity index (χ0n) is 9.11. The second-order valence-electron chi connectivity index (χ2n) is 4.25. The summed E-state index contributed by atoms with van der Waals surface area (Å²) in [4.78, 5) is 11.7. The van der Waals surface area contributed by atoms with Crippen LogP contribution in [0.3, 0.4) is 0 Å². The first-order valence-corrected chi connectivity index (χ1v) is 5.75. The third kappa shape index (κ3) is 3.46. The van der Waals surface area contributed by atoms with Crippen LogP contribution in [0, 0.1) is 5.82 Å². The Bertz CT molecular complexity index is 427. The van der Waals surface area contributed by atoms with Gasteiger partial charge >= 0.3 is 5.97 Å². The maximum atomic E-state index is 13.2. The van der Waals surface area contributed by atoms with Crippen LogP contribution in [0.2, 0.25) is 5.02 Å². The van der Waals surface area contributed by atoms with Gasteiger partial charge in [0.15, 0.2) is 0 Å². The van der Waals surface area contributed by atoms with Gasteiger partial charge in [-0.15, -0.1) is 0 Å². The summed E-state index contributed by atoms with van der Waals surface area (Å²) >= 11 is 8.81. The zero-order valence-corrected chi connectivity index (χ0v) is 11.4. The van der Waals surface area contributed by atoms with Gasteiger partial charge in [-0.3, -0.25) is 0 Å². The molecule has 0 saturated heterocycles. The molecule has 0 amide bonds. The van der Waals surface area contributed by atoms with Gasteiger partial charge in [-0.05, 0) is 48.8 Å². The lowest BCUT2D eigenvalue weighted by Gasteiger charge is -2.19. The SMILES string of the molecule is CC(C)(C)OC(=O)c1cc(F)c(Br)cc1Cl. The van der Waals surface area contributed by atoms with Crippen LogP contribution >= 0.6 is 27.5 Å². The van der Waals surface area contributed by atoms with Crippen molar-refractivity contribution < 1.29 is 13.9 Å². The Balaban J connectivity index is 3.05. The highest BCUT2D eigenvalue weighted by molar-refractivity contribution is 9.10. The molecule has 0 N–H and O–H groups in total. The van der Waals surface area contributed by atoms with Crippen LogP contribution in [-0.2, 0) is 4.74 Å². The second kappa shape index (κ2) is 4.72. The average Bonchev–Trinajstić information content (AvgIpc) is 2.08. The molecule has 1 rings (SSSR count). The van der Waals surface area contributed by atoms with Crippen molar-refractivity contribution in [2.24, 2.45) is 0 Å². The lowest BCUT2D eigenvalue weighted by atomic mass is 10.1. The molecule has 0 aliphatic rings. The van der Waals surface area contributed by atoms with Crippen LogP contribution in [0.4, 0.5) is 4.39 Å². The minimum absolute atomic E-state index is 0.0253. The van der Waals surface area contributed by atoms with Crippen LogP contribution < -0.4 is 0 Å². The largest absolute Gasteiger partial charge is 0.456 e. The predicted molar refractivity (Wildman–Crippen MR) is 64.3 cm³/mol. The van der Waals surface area contributed by atoms with Gasteiger partial charge in [-0.2, -0.15) is 0 Å². The first-order valence-electron chi connectivity index (χ1n) is 4.58. The molecule has 16 heavy (non-hydrogen) atoms. The van der Waals surface area contributed by atoms with Crippen molar-refractivity contribution in [2.75, 3.05) is 0 Å². The smallest absolute Gasteiger partial charge is 0.340 e. The molecule has 0 heterocycles. The van der Waals surface area contributed by atoms with Gasteiger partial charge in [0.05, 0.1) is 15.1 Å². The molecule has 0 saturated carbocycles. The molecule has 0 aliphatic heterocycles. The maximum Gasteiger partial charge on any atom is 0.340 e. The minimum Gasteiger partial charge on any atom is -0.456 e. The number of carbonyl (C=O) groups excluding carboxylic acids is 1. The van der Waals surface area contributed by atoms with Crippen molar-refractivity contribution in [2.45, 2.75) is 26.4 Å². The number of esters is 1. The monoisotopic (exact) mass is 308 g/mol. The average molecular weight is 310 g/mol. The molecule has 1 aromatic rings. The summed E-state index contributed by atoms with van der Waals surface area (Å²) < 4.78 is 18.5. The van der Waals surface area contributed by atoms with Crippen molar-refractivity contribution >= 4 is 33.5 Å². The van der Waals surface area contributed by atoms with Gasteiger partial charge in [-0.25, -0.2) is 9.18 Å². The van der Waals surface area contributed by atoms with Crippen LogP contribution in [0.25, 0.3) is 0 Å². The van der Waals surface area contributed by atoms with Crippen LogP contribution in [0.1, 0.15) is 31.1 Å². The number of hydrogen-bond donors (Lipinski definition) is 0. The molecule has 0 fully saturated rings. The molecule has 0 bridgehead atoms. The lowest BCUT2D eigenvalue weighted by molar-refractivity contribution is 0.00692. The quantitative estimate of drug-likeness (QED) is 0.574. The van der Waals surface area contributed by atoms with Gasteiger partial charge in [0.1, 0.15) is 11.4 Å². The molecular formula is C11H11BrClFO2. The fraction of sp³-hybridized carbons (Fsp3) is 0.364. The Morgan fingerprint density at radius 1 is 1.44 bits per heavy atom.